The molecule has 4 rings (SSSR count). The first-order valence-corrected chi connectivity index (χ1v) is 14.0. The molecule has 0 bridgehead atoms. The molecule has 1 fully saturated rings. The molecule has 0 atom stereocenters. The average Bonchev–Trinajstić information content (AvgIpc) is 2.96. The van der Waals surface area contributed by atoms with E-state index in [-0.39, 0.29) is 36.7 Å². The van der Waals surface area contributed by atoms with Crippen LogP contribution >= 0.6 is 12.6 Å². The molecule has 2 aromatic carbocycles. The summed E-state index contributed by atoms with van der Waals surface area (Å²) in [5.41, 5.74) is 4.98. The van der Waals surface area contributed by atoms with Crippen LogP contribution in [0.15, 0.2) is 66.9 Å². The Bertz CT molecular complexity index is 1400. The number of hydrogen-bond acceptors (Lipinski definition) is 7. The maximum Gasteiger partial charge on any atom is 0.213 e. The van der Waals surface area contributed by atoms with Crippen molar-refractivity contribution in [3.63, 3.8) is 0 Å². The number of nitrogens with zero attached hydrogens (tertiary/aromatic N) is 4. The van der Waals surface area contributed by atoms with E-state index in [1.54, 1.807) is 18.2 Å². The molecule has 0 spiro atoms. The van der Waals surface area contributed by atoms with Crippen LogP contribution in [-0.4, -0.2) is 47.6 Å². The van der Waals surface area contributed by atoms with Gasteiger partial charge in [-0.05, 0) is 68.2 Å². The van der Waals surface area contributed by atoms with E-state index in [1.165, 1.54) is 6.07 Å². The van der Waals surface area contributed by atoms with E-state index in [2.05, 4.69) is 43.2 Å². The zero-order valence-electron chi connectivity index (χ0n) is 23.3. The normalized spacial score (nSPS) is 13.6. The molecule has 6 nitrogen and oxygen atoms in total. The van der Waals surface area contributed by atoms with Gasteiger partial charge in [0.25, 0.3) is 0 Å². The smallest absolute Gasteiger partial charge is 0.213 e. The van der Waals surface area contributed by atoms with E-state index in [9.17, 15) is 9.18 Å². The molecule has 0 saturated carbocycles. The van der Waals surface area contributed by atoms with Crippen LogP contribution < -0.4 is 9.64 Å². The van der Waals surface area contributed by atoms with Crippen molar-refractivity contribution in [2.75, 3.05) is 36.8 Å². The number of aromatic nitrogens is 1. The predicted molar refractivity (Wildman–Crippen MR) is 159 cm³/mol. The third kappa shape index (κ3) is 8.63. The number of carbonyl (C=O) groups excluding carboxylic acids is 1. The summed E-state index contributed by atoms with van der Waals surface area (Å²) in [6.45, 7) is 13.0. The molecule has 1 saturated heterocycles. The van der Waals surface area contributed by atoms with Crippen molar-refractivity contribution in [2.24, 2.45) is 0 Å². The summed E-state index contributed by atoms with van der Waals surface area (Å²) in [6, 6.07) is 18.3. The van der Waals surface area contributed by atoms with Gasteiger partial charge >= 0.3 is 0 Å². The molecular formula is C32H34FN4O2SU-. The van der Waals surface area contributed by atoms with Gasteiger partial charge < -0.3 is 14.4 Å². The summed E-state index contributed by atoms with van der Waals surface area (Å²) >= 11 is 4.42. The van der Waals surface area contributed by atoms with E-state index in [0.717, 1.165) is 54.1 Å². The summed E-state index contributed by atoms with van der Waals surface area (Å²) in [5.74, 6) is 0.406. The zero-order valence-corrected chi connectivity index (χ0v) is 28.3. The fourth-order valence-corrected chi connectivity index (χ4v) is 5.22. The van der Waals surface area contributed by atoms with Crippen LogP contribution in [0, 0.1) is 62.1 Å². The van der Waals surface area contributed by atoms with Gasteiger partial charge in [-0.2, -0.15) is 24.8 Å². The summed E-state index contributed by atoms with van der Waals surface area (Å²) in [5, 5.41) is 8.96. The van der Waals surface area contributed by atoms with Crippen LogP contribution in [0.1, 0.15) is 51.5 Å². The second-order valence-corrected chi connectivity index (χ2v) is 10.5. The number of aryl methyl sites for hydroxylation is 1. The van der Waals surface area contributed by atoms with Crippen molar-refractivity contribution < 1.29 is 45.0 Å². The van der Waals surface area contributed by atoms with Crippen molar-refractivity contribution >= 4 is 24.1 Å². The van der Waals surface area contributed by atoms with Crippen LogP contribution in [0.4, 0.5) is 10.1 Å². The quantitative estimate of drug-likeness (QED) is 0.143. The van der Waals surface area contributed by atoms with Gasteiger partial charge in [-0.1, -0.05) is 30.3 Å². The SMILES string of the molecule is C=C(CN1CCC(c2cccc(OCc3ccc(C#N)cc3)n2)CC1)N(CCS)c1cc(C([CH2-])=O)c(F)cc1C.[U]. The first-order valence-electron chi connectivity index (χ1n) is 13.3. The summed E-state index contributed by atoms with van der Waals surface area (Å²) < 4.78 is 20.2. The molecule has 1 aliphatic rings. The Hall–Kier alpha value is -2.75. The average molecular weight is 796 g/mol. The second-order valence-electron chi connectivity index (χ2n) is 10.0. The van der Waals surface area contributed by atoms with Gasteiger partial charge in [-0.15, -0.1) is 6.07 Å². The number of carbonyl (C=O) groups is 1. The maximum absolute atomic E-state index is 14.3. The second kappa shape index (κ2) is 15.5. The minimum atomic E-state index is -0.558. The molecule has 212 valence electrons. The van der Waals surface area contributed by atoms with Gasteiger partial charge in [0.05, 0.1) is 17.4 Å². The molecular weight excluding hydrogens is 761 g/mol. The molecule has 2 heterocycles. The minimum Gasteiger partial charge on any atom is -0.473 e. The summed E-state index contributed by atoms with van der Waals surface area (Å²) in [4.78, 5) is 21.0. The maximum atomic E-state index is 14.3. The number of nitriles is 1. The first-order chi connectivity index (χ1) is 19.3. The fourth-order valence-electron chi connectivity index (χ4n) is 5.02. The van der Waals surface area contributed by atoms with Gasteiger partial charge in [-0.25, -0.2) is 9.37 Å². The van der Waals surface area contributed by atoms with E-state index in [1.807, 2.05) is 36.1 Å². The number of rotatable bonds is 11. The van der Waals surface area contributed by atoms with Gasteiger partial charge in [0, 0.05) is 84.8 Å². The van der Waals surface area contributed by atoms with Gasteiger partial charge in [0.1, 0.15) is 6.61 Å². The Labute approximate surface area is 271 Å². The van der Waals surface area contributed by atoms with Crippen molar-refractivity contribution in [2.45, 2.75) is 32.3 Å². The van der Waals surface area contributed by atoms with Gasteiger partial charge in [-0.3, -0.25) is 4.90 Å². The minimum absolute atomic E-state index is 0. The molecule has 0 unspecified atom stereocenters. The number of hydrogen-bond donors (Lipinski definition) is 1. The molecule has 0 N–H and O–H groups in total. The Kier molecular flexibility index (Phi) is 12.4. The molecule has 9 heteroatoms. The van der Waals surface area contributed by atoms with Crippen LogP contribution in [0.2, 0.25) is 0 Å². The van der Waals surface area contributed by atoms with Gasteiger partial charge in [0.2, 0.25) is 5.88 Å². The van der Waals surface area contributed by atoms with Crippen LogP contribution in [0.5, 0.6) is 5.88 Å². The molecule has 0 aliphatic carbocycles. The third-order valence-electron chi connectivity index (χ3n) is 7.21. The number of ether oxygens (including phenoxy) is 1. The van der Waals surface area contributed by atoms with Crippen molar-refractivity contribution in [3.05, 3.63) is 108 Å². The van der Waals surface area contributed by atoms with Crippen LogP contribution in [0.25, 0.3) is 0 Å². The third-order valence-corrected chi connectivity index (χ3v) is 7.41. The van der Waals surface area contributed by atoms with Crippen LogP contribution in [-0.2, 0) is 6.61 Å². The standard InChI is InChI=1S/C32H34FN4O2S.U/c1-22-17-29(33)28(24(3)38)18-31(22)37(15-16-40)23(2)20-36-13-11-27(12-14-36)30-5-4-6-32(35-30)39-21-26-9-7-25(19-34)8-10-26;/h4-10,17-18,27,40H,2-3,11-16,20-21H2,1H3;/q-1;. The number of likely N-dealkylation sites (tertiary alicyclic amines) is 1. The number of ketones is 1. The molecule has 0 amide bonds. The Morgan fingerprint density at radius 3 is 2.59 bits per heavy atom. The number of halogens is 1. The Morgan fingerprint density at radius 1 is 1.24 bits per heavy atom. The number of Topliss-reactive ketones (excluding diaryl/α,β-unsaturated/α-hetero) is 1. The number of benzene rings is 2. The monoisotopic (exact) mass is 795 g/mol. The topological polar surface area (TPSA) is 69.5 Å². The molecule has 41 heavy (non-hydrogen) atoms. The number of piperidine rings is 1. The Morgan fingerprint density at radius 2 is 1.95 bits per heavy atom. The van der Waals surface area contributed by atoms with E-state index in [4.69, 9.17) is 15.0 Å². The zero-order chi connectivity index (χ0) is 28.6. The first kappa shape index (κ1) is 32.8. The summed E-state index contributed by atoms with van der Waals surface area (Å²) in [7, 11) is 0. The summed E-state index contributed by atoms with van der Waals surface area (Å²) in [6.07, 6.45) is 1.92. The molecule has 3 aromatic rings. The van der Waals surface area contributed by atoms with Crippen molar-refractivity contribution in [1.82, 2.24) is 9.88 Å². The molecule has 1 aliphatic heterocycles. The molecule has 0 radical (unpaired) electrons. The number of pyridine rings is 1. The molecule has 1 aromatic heterocycles. The van der Waals surface area contributed by atoms with E-state index >= 15 is 0 Å². The van der Waals surface area contributed by atoms with E-state index < -0.39 is 11.6 Å². The van der Waals surface area contributed by atoms with Crippen molar-refractivity contribution in [3.8, 4) is 11.9 Å². The number of thiol groups is 1. The Balaban J connectivity index is 0.00000462. The van der Waals surface area contributed by atoms with Crippen molar-refractivity contribution in [1.29, 1.82) is 5.26 Å². The van der Waals surface area contributed by atoms with Gasteiger partial charge in [0.15, 0.2) is 0 Å². The number of anilines is 1. The van der Waals surface area contributed by atoms with Crippen LogP contribution in [0.3, 0.4) is 0 Å². The largest absolute Gasteiger partial charge is 0.473 e. The fraction of sp³-hybridized carbons (Fsp3) is 0.312. The van der Waals surface area contributed by atoms with E-state index in [0.29, 0.717) is 42.8 Å². The predicted octanol–water partition coefficient (Wildman–Crippen LogP) is 6.13.